The van der Waals surface area contributed by atoms with Crippen LogP contribution in [0.3, 0.4) is 0 Å². The lowest BCUT2D eigenvalue weighted by atomic mass is 9.85. The van der Waals surface area contributed by atoms with Gasteiger partial charge in [0.05, 0.1) is 6.04 Å². The molecule has 0 aromatic carbocycles. The molecule has 10 nitrogen and oxygen atoms in total. The number of rotatable bonds is 8. The number of alkyl halides is 3. The summed E-state index contributed by atoms with van der Waals surface area (Å²) in [5.41, 5.74) is -1.14. The molecule has 2 heterocycles. The van der Waals surface area contributed by atoms with Crippen molar-refractivity contribution in [1.82, 2.24) is 20.9 Å². The number of hydrogen-bond donors (Lipinski definition) is 3. The number of carbonyl (C=O) groups is 4. The van der Waals surface area contributed by atoms with Gasteiger partial charge in [0.15, 0.2) is 0 Å². The normalized spacial score (nSPS) is 27.1. The highest BCUT2D eigenvalue weighted by molar-refractivity contribution is 7.94. The van der Waals surface area contributed by atoms with Crippen LogP contribution in [0.25, 0.3) is 0 Å². The fourth-order valence-corrected chi connectivity index (χ4v) is 6.20. The highest BCUT2D eigenvalue weighted by Crippen LogP contribution is 2.43. The number of fused-ring (bicyclic) bond motifs is 1. The van der Waals surface area contributed by atoms with E-state index in [-0.39, 0.29) is 30.7 Å². The first-order chi connectivity index (χ1) is 18.3. The molecule has 3 rings (SSSR count). The number of hydrogen-bond acceptors (Lipinski definition) is 6. The predicted octanol–water partition coefficient (Wildman–Crippen LogP) is 1.57. The maximum Gasteiger partial charge on any atom is 0.471 e. The van der Waals surface area contributed by atoms with Gasteiger partial charge in [0.2, 0.25) is 32.7 Å². The third-order valence-corrected chi connectivity index (χ3v) is 8.65. The van der Waals surface area contributed by atoms with E-state index >= 15 is 0 Å². The van der Waals surface area contributed by atoms with Crippen LogP contribution >= 0.6 is 0 Å². The minimum Gasteiger partial charge on any atom is -0.356 e. The summed E-state index contributed by atoms with van der Waals surface area (Å²) in [6, 6.07) is -3.95. The first kappa shape index (κ1) is 31.8. The number of amides is 4. The van der Waals surface area contributed by atoms with Crippen molar-refractivity contribution >= 4 is 33.5 Å². The largest absolute Gasteiger partial charge is 0.471 e. The fourth-order valence-electron chi connectivity index (χ4n) is 5.79. The summed E-state index contributed by atoms with van der Waals surface area (Å²) in [7, 11) is -4.24. The second-order valence-electron chi connectivity index (χ2n) is 11.9. The van der Waals surface area contributed by atoms with E-state index in [0.29, 0.717) is 38.1 Å². The lowest BCUT2D eigenvalue weighted by Crippen LogP contribution is -2.60. The van der Waals surface area contributed by atoms with Crippen LogP contribution in [0.4, 0.5) is 17.6 Å². The number of halogens is 4. The zero-order valence-electron chi connectivity index (χ0n) is 22.8. The smallest absolute Gasteiger partial charge is 0.356 e. The average Bonchev–Trinajstić information content (AvgIpc) is 3.50. The van der Waals surface area contributed by atoms with E-state index in [1.54, 1.807) is 5.32 Å². The summed E-state index contributed by atoms with van der Waals surface area (Å²) < 4.78 is 77.1. The Kier molecular flexibility index (Phi) is 9.26. The zero-order chi connectivity index (χ0) is 30.2. The van der Waals surface area contributed by atoms with Crippen molar-refractivity contribution in [3.8, 4) is 0 Å². The Hall–Kier alpha value is -2.71. The molecule has 15 heteroatoms. The van der Waals surface area contributed by atoms with E-state index in [0.717, 1.165) is 6.42 Å². The highest BCUT2D eigenvalue weighted by Gasteiger charge is 2.53. The molecule has 2 aliphatic heterocycles. The Labute approximate surface area is 230 Å². The monoisotopic (exact) mass is 596 g/mol. The molecule has 226 valence electrons. The molecule has 0 aromatic rings. The minimum atomic E-state index is -5.22. The van der Waals surface area contributed by atoms with E-state index < -0.39 is 68.4 Å². The lowest BCUT2D eigenvalue weighted by Gasteiger charge is -2.36. The third kappa shape index (κ3) is 7.32. The van der Waals surface area contributed by atoms with Gasteiger partial charge in [-0.25, -0.2) is 8.42 Å². The molecular weight excluding hydrogens is 560 g/mol. The van der Waals surface area contributed by atoms with Crippen LogP contribution in [0.1, 0.15) is 52.9 Å². The molecule has 0 aromatic heterocycles. The predicted molar refractivity (Wildman–Crippen MR) is 135 cm³/mol. The summed E-state index contributed by atoms with van der Waals surface area (Å²) in [4.78, 5) is 52.4. The molecule has 1 aliphatic carbocycles. The zero-order valence-corrected chi connectivity index (χ0v) is 23.6. The lowest BCUT2D eigenvalue weighted by molar-refractivity contribution is -0.176. The molecule has 40 heavy (non-hydrogen) atoms. The van der Waals surface area contributed by atoms with Gasteiger partial charge in [-0.05, 0) is 49.0 Å². The second kappa shape index (κ2) is 11.6. The van der Waals surface area contributed by atoms with Gasteiger partial charge in [0.25, 0.3) is 0 Å². The summed E-state index contributed by atoms with van der Waals surface area (Å²) in [5.74, 6) is -5.25. The van der Waals surface area contributed by atoms with E-state index in [1.165, 1.54) is 25.7 Å². The first-order valence-corrected chi connectivity index (χ1v) is 15.0. The third-order valence-electron chi connectivity index (χ3n) is 7.80. The van der Waals surface area contributed by atoms with Gasteiger partial charge >= 0.3 is 12.1 Å². The summed E-state index contributed by atoms with van der Waals surface area (Å²) in [6.45, 7) is 4.91. The average molecular weight is 597 g/mol. The SMILES string of the molecule is CC(C)(C)[C@@H](NC(=O)C(F)(F)F)C(=O)N1C[C@H]2CCC[C@H]2[C@H]1C(=O)N[C@H](/C=C(\F)S(C)(=O)=O)C[C@@H]1CCNC1=O. The molecule has 4 amide bonds. The Balaban J connectivity index is 1.91. The maximum absolute atomic E-state index is 14.5. The van der Waals surface area contributed by atoms with Crippen molar-refractivity contribution in [2.75, 3.05) is 19.3 Å². The van der Waals surface area contributed by atoms with Crippen molar-refractivity contribution in [2.24, 2.45) is 23.2 Å². The van der Waals surface area contributed by atoms with E-state index in [4.69, 9.17) is 0 Å². The molecule has 0 radical (unpaired) electrons. The van der Waals surface area contributed by atoms with Gasteiger partial charge < -0.3 is 20.9 Å². The molecule has 3 N–H and O–H groups in total. The molecule has 3 aliphatic rings. The highest BCUT2D eigenvalue weighted by atomic mass is 32.2. The number of likely N-dealkylation sites (tertiary alicyclic amines) is 1. The van der Waals surface area contributed by atoms with Crippen LogP contribution in [-0.4, -0.2) is 80.6 Å². The van der Waals surface area contributed by atoms with Crippen LogP contribution in [-0.2, 0) is 29.0 Å². The number of carbonyl (C=O) groups excluding carboxylic acids is 4. The molecule has 2 saturated heterocycles. The first-order valence-electron chi connectivity index (χ1n) is 13.1. The van der Waals surface area contributed by atoms with E-state index in [9.17, 15) is 45.2 Å². The van der Waals surface area contributed by atoms with Crippen LogP contribution in [0.5, 0.6) is 0 Å². The molecule has 0 bridgehead atoms. The Bertz CT molecular complexity index is 1170. The van der Waals surface area contributed by atoms with Crippen molar-refractivity contribution in [3.63, 3.8) is 0 Å². The van der Waals surface area contributed by atoms with Crippen molar-refractivity contribution in [2.45, 2.75) is 77.2 Å². The Morgan fingerprint density at radius 2 is 1.77 bits per heavy atom. The van der Waals surface area contributed by atoms with Crippen LogP contribution in [0.15, 0.2) is 11.2 Å². The van der Waals surface area contributed by atoms with Gasteiger partial charge in [-0.15, -0.1) is 0 Å². The van der Waals surface area contributed by atoms with Crippen molar-refractivity contribution in [1.29, 1.82) is 0 Å². The van der Waals surface area contributed by atoms with Gasteiger partial charge in [0, 0.05) is 25.3 Å². The van der Waals surface area contributed by atoms with E-state index in [1.807, 2.05) is 0 Å². The Morgan fingerprint density at radius 1 is 1.12 bits per heavy atom. The number of nitrogens with one attached hydrogen (secondary N) is 3. The van der Waals surface area contributed by atoms with Crippen LogP contribution in [0, 0.1) is 23.2 Å². The summed E-state index contributed by atoms with van der Waals surface area (Å²) in [6.07, 6.45) is -1.55. The Morgan fingerprint density at radius 3 is 2.30 bits per heavy atom. The van der Waals surface area contributed by atoms with Gasteiger partial charge in [-0.1, -0.05) is 27.2 Å². The molecule has 6 atom stereocenters. The molecule has 3 fully saturated rings. The standard InChI is InChI=1S/C25H36F4N4O6S/c1-24(2,3)19(32-23(37)25(27,28)29)22(36)33-12-14-6-5-7-16(14)18(33)21(35)31-15(11-17(26)40(4,38)39)10-13-8-9-30-20(13)34/h11,13-16,18-19H,5-10,12H2,1-4H3,(H,30,34)(H,31,35)(H,32,37)/b17-11+/t13-,14+,15-,16+,18-,19-/m0/s1. The molecule has 0 spiro atoms. The molecule has 1 saturated carbocycles. The fraction of sp³-hybridized carbons (Fsp3) is 0.760. The van der Waals surface area contributed by atoms with E-state index in [2.05, 4.69) is 10.6 Å². The topological polar surface area (TPSA) is 142 Å². The molecular formula is C25H36F4N4O6S. The van der Waals surface area contributed by atoms with Gasteiger partial charge in [-0.3, -0.25) is 19.2 Å². The van der Waals surface area contributed by atoms with Crippen molar-refractivity contribution < 1.29 is 45.2 Å². The van der Waals surface area contributed by atoms with Crippen LogP contribution in [0.2, 0.25) is 0 Å². The van der Waals surface area contributed by atoms with Crippen molar-refractivity contribution in [3.05, 3.63) is 11.2 Å². The maximum atomic E-state index is 14.5. The number of nitrogens with zero attached hydrogens (tertiary/aromatic N) is 1. The summed E-state index contributed by atoms with van der Waals surface area (Å²) in [5, 5.41) is 5.50. The van der Waals surface area contributed by atoms with Crippen LogP contribution < -0.4 is 16.0 Å². The molecule has 0 unspecified atom stereocenters. The summed E-state index contributed by atoms with van der Waals surface area (Å²) >= 11 is 0. The number of sulfone groups is 1. The van der Waals surface area contributed by atoms with Gasteiger partial charge in [-0.2, -0.15) is 17.6 Å². The quantitative estimate of drug-likeness (QED) is 0.364. The second-order valence-corrected chi connectivity index (χ2v) is 13.9. The van der Waals surface area contributed by atoms with Gasteiger partial charge in [0.1, 0.15) is 12.1 Å². The minimum absolute atomic E-state index is 0.0826.